The molecular weight excluding hydrogens is 288 g/mol. The van der Waals surface area contributed by atoms with Crippen LogP contribution in [0.2, 0.25) is 0 Å². The van der Waals surface area contributed by atoms with Crippen LogP contribution in [0.3, 0.4) is 0 Å². The minimum absolute atomic E-state index is 0.00791. The maximum absolute atomic E-state index is 12.1. The van der Waals surface area contributed by atoms with Gasteiger partial charge in [0.2, 0.25) is 5.91 Å². The van der Waals surface area contributed by atoms with E-state index in [1.807, 2.05) is 11.8 Å². The number of hydrogen-bond acceptors (Lipinski definition) is 4. The summed E-state index contributed by atoms with van der Waals surface area (Å²) < 4.78 is 0. The normalized spacial score (nSPS) is 21.2. The van der Waals surface area contributed by atoms with E-state index in [2.05, 4.69) is 19.2 Å². The van der Waals surface area contributed by atoms with E-state index >= 15 is 0 Å². The Kier molecular flexibility index (Phi) is 8.11. The zero-order valence-corrected chi connectivity index (χ0v) is 14.1. The summed E-state index contributed by atoms with van der Waals surface area (Å²) >= 11 is 1.76. The van der Waals surface area contributed by atoms with Gasteiger partial charge in [-0.1, -0.05) is 13.8 Å². The van der Waals surface area contributed by atoms with Crippen LogP contribution < -0.4 is 5.32 Å². The van der Waals surface area contributed by atoms with E-state index in [1.54, 1.807) is 11.8 Å². The van der Waals surface area contributed by atoms with Crippen LogP contribution in [-0.2, 0) is 9.59 Å². The molecule has 1 amide bonds. The molecule has 0 saturated carbocycles. The number of thioether (sulfide) groups is 1. The first-order valence-corrected chi connectivity index (χ1v) is 8.87. The van der Waals surface area contributed by atoms with Crippen molar-refractivity contribution < 1.29 is 14.7 Å². The molecule has 1 aliphatic rings. The van der Waals surface area contributed by atoms with Crippen LogP contribution in [-0.4, -0.2) is 58.6 Å². The van der Waals surface area contributed by atoms with Crippen molar-refractivity contribution in [2.45, 2.75) is 52.1 Å². The molecule has 0 radical (unpaired) electrons. The summed E-state index contributed by atoms with van der Waals surface area (Å²) in [6, 6.07) is 0.148. The Hall–Kier alpha value is -0.750. The summed E-state index contributed by atoms with van der Waals surface area (Å²) in [4.78, 5) is 25.0. The summed E-state index contributed by atoms with van der Waals surface area (Å²) in [5.74, 6) is 1.62. The average Bonchev–Trinajstić information content (AvgIpc) is 2.38. The number of rotatable bonds is 8. The zero-order valence-electron chi connectivity index (χ0n) is 13.3. The van der Waals surface area contributed by atoms with Crippen molar-refractivity contribution in [2.75, 3.05) is 24.6 Å². The van der Waals surface area contributed by atoms with E-state index in [9.17, 15) is 9.59 Å². The second-order valence-corrected chi connectivity index (χ2v) is 7.39. The van der Waals surface area contributed by atoms with E-state index in [0.717, 1.165) is 30.9 Å². The van der Waals surface area contributed by atoms with Crippen LogP contribution in [0.25, 0.3) is 0 Å². The molecule has 0 spiro atoms. The molecule has 0 aromatic heterocycles. The smallest absolute Gasteiger partial charge is 0.304 e. The molecule has 6 heteroatoms. The first-order valence-electron chi connectivity index (χ1n) is 7.71. The maximum atomic E-state index is 12.1. The number of carbonyl (C=O) groups excluding carboxylic acids is 1. The molecule has 21 heavy (non-hydrogen) atoms. The molecule has 2 N–H and O–H groups in total. The van der Waals surface area contributed by atoms with Gasteiger partial charge in [-0.15, -0.1) is 0 Å². The summed E-state index contributed by atoms with van der Waals surface area (Å²) in [7, 11) is 0. The highest BCUT2D eigenvalue weighted by molar-refractivity contribution is 7.99. The fourth-order valence-corrected chi connectivity index (χ4v) is 3.58. The topological polar surface area (TPSA) is 69.6 Å². The van der Waals surface area contributed by atoms with Gasteiger partial charge in [0.1, 0.15) is 0 Å². The number of hydrogen-bond donors (Lipinski definition) is 2. The third-order valence-corrected chi connectivity index (χ3v) is 4.78. The van der Waals surface area contributed by atoms with Crippen LogP contribution in [0.4, 0.5) is 0 Å². The molecule has 122 valence electrons. The van der Waals surface area contributed by atoms with Gasteiger partial charge in [0.15, 0.2) is 0 Å². The Bertz CT molecular complexity index is 350. The first-order chi connectivity index (χ1) is 9.88. The van der Waals surface area contributed by atoms with Gasteiger partial charge in [-0.2, -0.15) is 11.8 Å². The second kappa shape index (κ2) is 9.30. The van der Waals surface area contributed by atoms with E-state index in [-0.39, 0.29) is 24.4 Å². The van der Waals surface area contributed by atoms with Crippen LogP contribution in [0.15, 0.2) is 0 Å². The molecule has 1 aliphatic heterocycles. The summed E-state index contributed by atoms with van der Waals surface area (Å²) in [5, 5.41) is 12.0. The number of nitrogens with zero attached hydrogens (tertiary/aromatic N) is 1. The Labute approximate surface area is 131 Å². The van der Waals surface area contributed by atoms with Gasteiger partial charge in [-0.05, 0) is 25.7 Å². The van der Waals surface area contributed by atoms with Gasteiger partial charge in [-0.25, -0.2) is 0 Å². The van der Waals surface area contributed by atoms with Gasteiger partial charge in [0, 0.05) is 30.1 Å². The van der Waals surface area contributed by atoms with Crippen LogP contribution >= 0.6 is 11.8 Å². The predicted octanol–water partition coefficient (Wildman–Crippen LogP) is 1.82. The van der Waals surface area contributed by atoms with Crippen molar-refractivity contribution in [3.63, 3.8) is 0 Å². The Morgan fingerprint density at radius 3 is 2.67 bits per heavy atom. The van der Waals surface area contributed by atoms with Crippen LogP contribution in [0.5, 0.6) is 0 Å². The van der Waals surface area contributed by atoms with Crippen molar-refractivity contribution in [3.05, 3.63) is 0 Å². The summed E-state index contributed by atoms with van der Waals surface area (Å²) in [6.07, 6.45) is 2.20. The van der Waals surface area contributed by atoms with E-state index in [1.165, 1.54) is 0 Å². The first kappa shape index (κ1) is 18.3. The SMILES string of the molecule is CC(C)CCC(C)NC(=O)CN1CCSCC1CC(=O)O. The van der Waals surface area contributed by atoms with Gasteiger partial charge < -0.3 is 10.4 Å². The number of aliphatic carboxylic acids is 1. The quantitative estimate of drug-likeness (QED) is 0.715. The molecule has 0 bridgehead atoms. The van der Waals surface area contributed by atoms with Gasteiger partial charge in [-0.3, -0.25) is 14.5 Å². The average molecular weight is 316 g/mol. The van der Waals surface area contributed by atoms with Gasteiger partial charge >= 0.3 is 5.97 Å². The van der Waals surface area contributed by atoms with Crippen molar-refractivity contribution in [1.29, 1.82) is 0 Å². The Morgan fingerprint density at radius 2 is 2.05 bits per heavy atom. The fourth-order valence-electron chi connectivity index (χ4n) is 2.45. The lowest BCUT2D eigenvalue weighted by molar-refractivity contribution is -0.138. The molecule has 0 aromatic rings. The van der Waals surface area contributed by atoms with Crippen molar-refractivity contribution >= 4 is 23.6 Å². The lowest BCUT2D eigenvalue weighted by atomic mass is 10.0. The van der Waals surface area contributed by atoms with E-state index in [4.69, 9.17) is 5.11 Å². The number of carboxylic acid groups (broad SMARTS) is 1. The van der Waals surface area contributed by atoms with Crippen LogP contribution in [0, 0.1) is 5.92 Å². The molecule has 1 fully saturated rings. The molecule has 5 nitrogen and oxygen atoms in total. The zero-order chi connectivity index (χ0) is 15.8. The molecule has 2 atom stereocenters. The summed E-state index contributed by atoms with van der Waals surface area (Å²) in [5.41, 5.74) is 0. The minimum Gasteiger partial charge on any atom is -0.481 e. The molecule has 1 rings (SSSR count). The number of carbonyl (C=O) groups is 2. The number of nitrogens with one attached hydrogen (secondary N) is 1. The van der Waals surface area contributed by atoms with Gasteiger partial charge in [0.05, 0.1) is 13.0 Å². The van der Waals surface area contributed by atoms with Crippen molar-refractivity contribution in [1.82, 2.24) is 10.2 Å². The maximum Gasteiger partial charge on any atom is 0.304 e. The highest BCUT2D eigenvalue weighted by atomic mass is 32.2. The van der Waals surface area contributed by atoms with Gasteiger partial charge in [0.25, 0.3) is 0 Å². The molecular formula is C15H28N2O3S. The lowest BCUT2D eigenvalue weighted by Crippen LogP contribution is -2.49. The molecule has 2 unspecified atom stereocenters. The highest BCUT2D eigenvalue weighted by Gasteiger charge is 2.26. The second-order valence-electron chi connectivity index (χ2n) is 6.24. The number of amides is 1. The molecule has 1 saturated heterocycles. The molecule has 1 heterocycles. The number of carboxylic acids is 1. The van der Waals surface area contributed by atoms with E-state index < -0.39 is 5.97 Å². The lowest BCUT2D eigenvalue weighted by Gasteiger charge is -2.34. The largest absolute Gasteiger partial charge is 0.481 e. The predicted molar refractivity (Wildman–Crippen MR) is 86.6 cm³/mol. The standard InChI is InChI=1S/C15H28N2O3S/c1-11(2)4-5-12(3)16-14(18)9-17-6-7-21-10-13(17)8-15(19)20/h11-13H,4-10H2,1-3H3,(H,16,18)(H,19,20). The Morgan fingerprint density at radius 1 is 1.33 bits per heavy atom. The highest BCUT2D eigenvalue weighted by Crippen LogP contribution is 2.18. The molecule has 0 aromatic carbocycles. The van der Waals surface area contributed by atoms with Crippen molar-refractivity contribution in [3.8, 4) is 0 Å². The third-order valence-electron chi connectivity index (χ3n) is 3.69. The third kappa shape index (κ3) is 7.71. The monoisotopic (exact) mass is 316 g/mol. The fraction of sp³-hybridized carbons (Fsp3) is 0.867. The minimum atomic E-state index is -0.793. The summed E-state index contributed by atoms with van der Waals surface area (Å²) in [6.45, 7) is 7.48. The Balaban J connectivity index is 2.38. The molecule has 0 aliphatic carbocycles. The van der Waals surface area contributed by atoms with Crippen LogP contribution in [0.1, 0.15) is 40.0 Å². The van der Waals surface area contributed by atoms with E-state index in [0.29, 0.717) is 12.5 Å². The van der Waals surface area contributed by atoms with Crippen molar-refractivity contribution in [2.24, 2.45) is 5.92 Å².